The van der Waals surface area contributed by atoms with Crippen LogP contribution in [-0.2, 0) is 27.1 Å². The maximum Gasteiger partial charge on any atom is 0.252 e. The maximum atomic E-state index is 7.18. The lowest BCUT2D eigenvalue weighted by Gasteiger charge is -2.48. The fraction of sp³-hybridized carbons (Fsp3) is 0.333. The monoisotopic (exact) mass is 877 g/mol. The zero-order valence-electron chi connectivity index (χ0n) is 41.8. The minimum absolute atomic E-state index is 0.0334. The van der Waals surface area contributed by atoms with Gasteiger partial charge in [0, 0.05) is 39.1 Å². The number of benzene rings is 7. The smallest absolute Gasteiger partial charge is 0.252 e. The largest absolute Gasteiger partial charge is 0.454 e. The zero-order valence-corrected chi connectivity index (χ0v) is 41.8. The summed E-state index contributed by atoms with van der Waals surface area (Å²) < 4.78 is 7.18. The van der Waals surface area contributed by atoms with Gasteiger partial charge in [-0.1, -0.05) is 155 Å². The number of aryl methyl sites for hydroxylation is 1. The van der Waals surface area contributed by atoms with Gasteiger partial charge in [0.2, 0.25) is 0 Å². The molecule has 0 unspecified atom stereocenters. The molecule has 7 aromatic carbocycles. The number of para-hydroxylation sites is 1. The Bertz CT molecular complexity index is 3380. The molecule has 8 aromatic rings. The molecule has 4 aliphatic rings. The Kier molecular flexibility index (Phi) is 8.87. The molecule has 2 aliphatic heterocycles. The molecule has 0 atom stereocenters. The third-order valence-corrected chi connectivity index (χ3v) is 17.0. The molecule has 0 spiro atoms. The lowest BCUT2D eigenvalue weighted by atomic mass is 9.33. The van der Waals surface area contributed by atoms with Crippen molar-refractivity contribution in [2.24, 2.45) is 0 Å². The van der Waals surface area contributed by atoms with Gasteiger partial charge in [-0.25, -0.2) is 0 Å². The lowest BCUT2D eigenvalue weighted by molar-refractivity contribution is 0.332. The Labute approximate surface area is 399 Å². The summed E-state index contributed by atoms with van der Waals surface area (Å²) in [6.45, 7) is 28.9. The maximum absolute atomic E-state index is 7.18. The Hall–Kier alpha value is -6.00. The average Bonchev–Trinajstić information content (AvgIpc) is 3.68. The molecule has 0 radical (unpaired) electrons. The molecule has 0 N–H and O–H groups in total. The van der Waals surface area contributed by atoms with Crippen LogP contribution in [0.15, 0.2) is 132 Å². The topological polar surface area (TPSA) is 19.6 Å². The lowest BCUT2D eigenvalue weighted by Crippen LogP contribution is -2.62. The highest BCUT2D eigenvalue weighted by Crippen LogP contribution is 2.54. The van der Waals surface area contributed by atoms with Crippen LogP contribution in [0.1, 0.15) is 135 Å². The molecular formula is C63H65BN2O. The molecule has 1 aromatic heterocycles. The Balaban J connectivity index is 1.23. The van der Waals surface area contributed by atoms with Crippen molar-refractivity contribution in [2.75, 3.05) is 9.80 Å². The van der Waals surface area contributed by atoms with E-state index in [1.807, 2.05) is 0 Å². The fourth-order valence-electron chi connectivity index (χ4n) is 12.7. The van der Waals surface area contributed by atoms with E-state index in [4.69, 9.17) is 4.42 Å². The van der Waals surface area contributed by atoms with Crippen molar-refractivity contribution in [2.45, 2.75) is 136 Å². The van der Waals surface area contributed by atoms with Crippen LogP contribution in [-0.4, -0.2) is 6.71 Å². The quantitative estimate of drug-likeness (QED) is 0.165. The Morgan fingerprint density at radius 3 is 1.81 bits per heavy atom. The van der Waals surface area contributed by atoms with Crippen LogP contribution >= 0.6 is 0 Å². The van der Waals surface area contributed by atoms with Crippen molar-refractivity contribution in [3.63, 3.8) is 0 Å². The first-order chi connectivity index (χ1) is 31.7. The second-order valence-electron chi connectivity index (χ2n) is 24.4. The molecule has 0 fully saturated rings. The van der Waals surface area contributed by atoms with Crippen molar-refractivity contribution >= 4 is 79.2 Å². The highest BCUT2D eigenvalue weighted by molar-refractivity contribution is 7.00. The summed E-state index contributed by atoms with van der Waals surface area (Å²) in [5.74, 6) is 0. The summed E-state index contributed by atoms with van der Waals surface area (Å²) in [4.78, 5) is 5.28. The molecule has 0 amide bonds. The van der Waals surface area contributed by atoms with Crippen LogP contribution in [0.5, 0.6) is 0 Å². The van der Waals surface area contributed by atoms with Crippen molar-refractivity contribution < 1.29 is 4.42 Å². The SMILES string of the molecule is Cc1cc2c3c(c1)N(c1ccc(C(C)(C)C)cc1-c1ccccc1)c1c(ccc4c1oc1ccccc14)B3c1cc3c(cc1N2c1ccc2c(c1)C(C)(C)CCC2(C)C)C(C)(C)CCC3(C)C. The first-order valence-corrected chi connectivity index (χ1v) is 25.0. The van der Waals surface area contributed by atoms with E-state index in [-0.39, 0.29) is 33.8 Å². The molecule has 12 rings (SSSR count). The van der Waals surface area contributed by atoms with Gasteiger partial charge in [-0.2, -0.15) is 0 Å². The fourth-order valence-corrected chi connectivity index (χ4v) is 12.7. The minimum atomic E-state index is -0.0359. The standard InChI is InChI=1S/C63H65BN2O/c1-38-32-53-56-54(33-38)66(51-27-22-40(59(2,3)4)34-44(51)39-18-14-13-15-19-39)57-49(26-24-43-42-20-16-17-21-55(42)67-58(43)57)64(56)50-36-47-48(63(11,12)31-30-62(47,9)10)37-52(50)65(53)41-23-25-45-46(35-41)61(7,8)29-28-60(45,5)6/h13-27,32-37H,28-31H2,1-12H3. The number of nitrogens with zero attached hydrogens (tertiary/aromatic N) is 2. The number of hydrogen-bond acceptors (Lipinski definition) is 3. The van der Waals surface area contributed by atoms with Crippen molar-refractivity contribution in [1.29, 1.82) is 0 Å². The van der Waals surface area contributed by atoms with E-state index >= 15 is 0 Å². The predicted octanol–water partition coefficient (Wildman–Crippen LogP) is 15.6. The zero-order chi connectivity index (χ0) is 46.7. The van der Waals surface area contributed by atoms with Crippen LogP contribution in [0.3, 0.4) is 0 Å². The summed E-state index contributed by atoms with van der Waals surface area (Å²) >= 11 is 0. The highest BCUT2D eigenvalue weighted by atomic mass is 16.3. The number of hydrogen-bond donors (Lipinski definition) is 0. The first-order valence-electron chi connectivity index (χ1n) is 25.0. The van der Waals surface area contributed by atoms with Crippen LogP contribution in [0.4, 0.5) is 34.1 Å². The molecular weight excluding hydrogens is 812 g/mol. The van der Waals surface area contributed by atoms with Gasteiger partial charge in [-0.15, -0.1) is 0 Å². The number of rotatable bonds is 3. The van der Waals surface area contributed by atoms with E-state index in [0.29, 0.717) is 0 Å². The molecule has 0 saturated carbocycles. The summed E-state index contributed by atoms with van der Waals surface area (Å²) in [5.41, 5.74) is 24.3. The second-order valence-corrected chi connectivity index (χ2v) is 24.4. The third-order valence-electron chi connectivity index (χ3n) is 17.0. The van der Waals surface area contributed by atoms with E-state index in [0.717, 1.165) is 46.2 Å². The van der Waals surface area contributed by atoms with Crippen LogP contribution < -0.4 is 26.2 Å². The van der Waals surface area contributed by atoms with Gasteiger partial charge in [-0.05, 0) is 164 Å². The van der Waals surface area contributed by atoms with Gasteiger partial charge < -0.3 is 14.2 Å². The molecule has 3 heterocycles. The molecule has 67 heavy (non-hydrogen) atoms. The van der Waals surface area contributed by atoms with Gasteiger partial charge in [0.1, 0.15) is 5.58 Å². The number of fused-ring (bicyclic) bond motifs is 10. The van der Waals surface area contributed by atoms with E-state index in [1.54, 1.807) is 0 Å². The van der Waals surface area contributed by atoms with Gasteiger partial charge in [0.25, 0.3) is 6.71 Å². The first kappa shape index (κ1) is 42.4. The molecule has 336 valence electrons. The second kappa shape index (κ2) is 14.0. The summed E-state index contributed by atoms with van der Waals surface area (Å²) in [6, 6.07) is 49.4. The predicted molar refractivity (Wildman–Crippen MR) is 287 cm³/mol. The van der Waals surface area contributed by atoms with Crippen LogP contribution in [0, 0.1) is 6.92 Å². The van der Waals surface area contributed by atoms with Crippen molar-refractivity contribution in [3.8, 4) is 11.1 Å². The summed E-state index contributed by atoms with van der Waals surface area (Å²) in [5, 5.41) is 2.29. The Morgan fingerprint density at radius 1 is 0.507 bits per heavy atom. The molecule has 0 bridgehead atoms. The van der Waals surface area contributed by atoms with Crippen molar-refractivity contribution in [3.05, 3.63) is 161 Å². The van der Waals surface area contributed by atoms with E-state index in [1.165, 1.54) is 96.5 Å². The normalized spacial score (nSPS) is 18.3. The minimum Gasteiger partial charge on any atom is -0.454 e. The number of anilines is 6. The Morgan fingerprint density at radius 2 is 1.12 bits per heavy atom. The molecule has 2 aliphatic carbocycles. The number of furan rings is 1. The average molecular weight is 877 g/mol. The van der Waals surface area contributed by atoms with Gasteiger partial charge in [0.15, 0.2) is 5.58 Å². The van der Waals surface area contributed by atoms with Gasteiger partial charge in [-0.3, -0.25) is 0 Å². The van der Waals surface area contributed by atoms with Gasteiger partial charge in [0.05, 0.1) is 11.4 Å². The van der Waals surface area contributed by atoms with E-state index < -0.39 is 0 Å². The molecule has 0 saturated heterocycles. The van der Waals surface area contributed by atoms with E-state index in [2.05, 4.69) is 220 Å². The molecule has 3 nitrogen and oxygen atoms in total. The summed E-state index contributed by atoms with van der Waals surface area (Å²) in [6.07, 6.45) is 4.69. The van der Waals surface area contributed by atoms with Crippen molar-refractivity contribution in [1.82, 2.24) is 0 Å². The van der Waals surface area contributed by atoms with Crippen LogP contribution in [0.25, 0.3) is 33.1 Å². The van der Waals surface area contributed by atoms with Gasteiger partial charge >= 0.3 is 0 Å². The van der Waals surface area contributed by atoms with E-state index in [9.17, 15) is 0 Å². The molecule has 4 heteroatoms. The van der Waals surface area contributed by atoms with Crippen LogP contribution in [0.2, 0.25) is 0 Å². The third kappa shape index (κ3) is 6.23. The highest BCUT2D eigenvalue weighted by Gasteiger charge is 2.48. The summed E-state index contributed by atoms with van der Waals surface area (Å²) in [7, 11) is 0.